The molecule has 31 heavy (non-hydrogen) atoms. The van der Waals surface area contributed by atoms with Crippen molar-refractivity contribution in [3.63, 3.8) is 0 Å². The Kier molecular flexibility index (Phi) is 7.98. The molecule has 0 spiro atoms. The second kappa shape index (κ2) is 10.9. The summed E-state index contributed by atoms with van der Waals surface area (Å²) in [6.07, 6.45) is 0. The Labute approximate surface area is 191 Å². The number of hydrogen-bond acceptors (Lipinski definition) is 4. The molecule has 3 aromatic rings. The first-order chi connectivity index (χ1) is 14.9. The lowest BCUT2D eigenvalue weighted by Crippen LogP contribution is -2.22. The van der Waals surface area contributed by atoms with Crippen molar-refractivity contribution >= 4 is 46.6 Å². The molecule has 0 saturated heterocycles. The van der Waals surface area contributed by atoms with Crippen LogP contribution in [0.1, 0.15) is 12.5 Å². The number of benzene rings is 3. The largest absolute Gasteiger partial charge is 0.484 e. The van der Waals surface area contributed by atoms with Crippen molar-refractivity contribution in [2.75, 3.05) is 17.2 Å². The third-order valence-electron chi connectivity index (χ3n) is 4.37. The number of carbonyl (C=O) groups excluding carboxylic acids is 2. The Hall–Kier alpha value is -2.96. The van der Waals surface area contributed by atoms with E-state index in [2.05, 4.69) is 10.6 Å². The summed E-state index contributed by atoms with van der Waals surface area (Å²) in [6, 6.07) is 21.9. The molecule has 0 aliphatic rings. The highest BCUT2D eigenvalue weighted by Gasteiger charge is 2.15. The van der Waals surface area contributed by atoms with Crippen LogP contribution in [0.3, 0.4) is 0 Å². The van der Waals surface area contributed by atoms with E-state index >= 15 is 0 Å². The molecule has 160 valence electrons. The number of amides is 2. The molecule has 0 radical (unpaired) electrons. The van der Waals surface area contributed by atoms with Gasteiger partial charge in [0, 0.05) is 21.3 Å². The molecule has 0 aromatic heterocycles. The first-order valence-electron chi connectivity index (χ1n) is 9.72. The van der Waals surface area contributed by atoms with Crippen molar-refractivity contribution in [2.45, 2.75) is 24.0 Å². The van der Waals surface area contributed by atoms with Gasteiger partial charge in [0.25, 0.3) is 5.91 Å². The maximum Gasteiger partial charge on any atom is 0.262 e. The standard InChI is InChI=1S/C24H23ClN2O3S/c1-16-8-9-19(14-22(16)25)27-24(29)17(2)31-21-12-10-18(11-13-21)26-23(28)15-30-20-6-4-3-5-7-20/h3-14,17H,15H2,1-2H3,(H,26,28)(H,27,29). The molecule has 0 bridgehead atoms. The maximum atomic E-state index is 12.5. The second-order valence-electron chi connectivity index (χ2n) is 6.89. The number of anilines is 2. The van der Waals surface area contributed by atoms with Crippen molar-refractivity contribution in [3.8, 4) is 5.75 Å². The van der Waals surface area contributed by atoms with Gasteiger partial charge in [-0.1, -0.05) is 35.9 Å². The van der Waals surface area contributed by atoms with Crippen molar-refractivity contribution < 1.29 is 14.3 Å². The van der Waals surface area contributed by atoms with E-state index in [1.165, 1.54) is 11.8 Å². The average Bonchev–Trinajstić information content (AvgIpc) is 2.77. The summed E-state index contributed by atoms with van der Waals surface area (Å²) in [5.74, 6) is 0.290. The van der Waals surface area contributed by atoms with Gasteiger partial charge in [-0.2, -0.15) is 0 Å². The van der Waals surface area contributed by atoms with Gasteiger partial charge in [-0.3, -0.25) is 9.59 Å². The third-order valence-corrected chi connectivity index (χ3v) is 5.89. The zero-order valence-corrected chi connectivity index (χ0v) is 18.8. The predicted octanol–water partition coefficient (Wildman–Crippen LogP) is 5.79. The van der Waals surface area contributed by atoms with Gasteiger partial charge in [-0.05, 0) is 67.9 Å². The fourth-order valence-electron chi connectivity index (χ4n) is 2.65. The minimum atomic E-state index is -0.306. The molecule has 0 heterocycles. The highest BCUT2D eigenvalue weighted by molar-refractivity contribution is 8.00. The summed E-state index contributed by atoms with van der Waals surface area (Å²) in [4.78, 5) is 25.4. The van der Waals surface area contributed by atoms with Crippen LogP contribution in [0.4, 0.5) is 11.4 Å². The molecule has 3 rings (SSSR count). The van der Waals surface area contributed by atoms with Gasteiger partial charge in [-0.25, -0.2) is 0 Å². The van der Waals surface area contributed by atoms with Gasteiger partial charge in [0.2, 0.25) is 5.91 Å². The number of hydrogen-bond donors (Lipinski definition) is 2. The third kappa shape index (κ3) is 7.05. The Morgan fingerprint density at radius 3 is 2.32 bits per heavy atom. The lowest BCUT2D eigenvalue weighted by atomic mass is 10.2. The normalized spacial score (nSPS) is 11.5. The monoisotopic (exact) mass is 454 g/mol. The molecule has 0 aliphatic heterocycles. The lowest BCUT2D eigenvalue weighted by molar-refractivity contribution is -0.118. The van der Waals surface area contributed by atoms with E-state index in [1.54, 1.807) is 30.3 Å². The van der Waals surface area contributed by atoms with Crippen LogP contribution < -0.4 is 15.4 Å². The van der Waals surface area contributed by atoms with E-state index in [1.807, 2.05) is 56.3 Å². The molecule has 1 atom stereocenters. The highest BCUT2D eigenvalue weighted by Crippen LogP contribution is 2.26. The summed E-state index contributed by atoms with van der Waals surface area (Å²) >= 11 is 7.55. The van der Waals surface area contributed by atoms with Crippen LogP contribution in [0.2, 0.25) is 5.02 Å². The summed E-state index contributed by atoms with van der Waals surface area (Å²) in [6.45, 7) is 3.68. The summed E-state index contributed by atoms with van der Waals surface area (Å²) in [5.41, 5.74) is 2.29. The van der Waals surface area contributed by atoms with Gasteiger partial charge >= 0.3 is 0 Å². The number of thioether (sulfide) groups is 1. The SMILES string of the molecule is Cc1ccc(NC(=O)C(C)Sc2ccc(NC(=O)COc3ccccc3)cc2)cc1Cl. The van der Waals surface area contributed by atoms with Gasteiger partial charge in [-0.15, -0.1) is 11.8 Å². The molecule has 2 N–H and O–H groups in total. The Morgan fingerprint density at radius 1 is 0.968 bits per heavy atom. The van der Waals surface area contributed by atoms with Crippen LogP contribution in [-0.4, -0.2) is 23.7 Å². The zero-order valence-electron chi connectivity index (χ0n) is 17.2. The van der Waals surface area contributed by atoms with Gasteiger partial charge < -0.3 is 15.4 Å². The number of ether oxygens (including phenoxy) is 1. The first kappa shape index (κ1) is 22.7. The first-order valence-corrected chi connectivity index (χ1v) is 11.0. The molecular weight excluding hydrogens is 432 g/mol. The van der Waals surface area contributed by atoms with Crippen molar-refractivity contribution in [2.24, 2.45) is 0 Å². The quantitative estimate of drug-likeness (QED) is 0.423. The van der Waals surface area contributed by atoms with Gasteiger partial charge in [0.15, 0.2) is 6.61 Å². The van der Waals surface area contributed by atoms with Gasteiger partial charge in [0.1, 0.15) is 5.75 Å². The fourth-order valence-corrected chi connectivity index (χ4v) is 3.70. The lowest BCUT2D eigenvalue weighted by Gasteiger charge is -2.13. The van der Waals surface area contributed by atoms with Crippen LogP contribution in [0.25, 0.3) is 0 Å². The molecule has 5 nitrogen and oxygen atoms in total. The van der Waals surface area contributed by atoms with Crippen LogP contribution in [0, 0.1) is 6.92 Å². The molecule has 3 aromatic carbocycles. The van der Waals surface area contributed by atoms with E-state index in [4.69, 9.17) is 16.3 Å². The molecule has 0 aliphatic carbocycles. The van der Waals surface area contributed by atoms with E-state index in [9.17, 15) is 9.59 Å². The van der Waals surface area contributed by atoms with Crippen LogP contribution >= 0.6 is 23.4 Å². The second-order valence-corrected chi connectivity index (χ2v) is 8.71. The van der Waals surface area contributed by atoms with Crippen LogP contribution in [0.15, 0.2) is 77.7 Å². The Balaban J connectivity index is 1.48. The minimum Gasteiger partial charge on any atom is -0.484 e. The van der Waals surface area contributed by atoms with Crippen LogP contribution in [0.5, 0.6) is 5.75 Å². The number of rotatable bonds is 8. The summed E-state index contributed by atoms with van der Waals surface area (Å²) < 4.78 is 5.44. The van der Waals surface area contributed by atoms with E-state index in [0.717, 1.165) is 10.5 Å². The molecule has 1 unspecified atom stereocenters. The molecule has 2 amide bonds. The molecule has 0 saturated carbocycles. The number of aryl methyl sites for hydroxylation is 1. The average molecular weight is 455 g/mol. The maximum absolute atomic E-state index is 12.5. The Bertz CT molecular complexity index is 1040. The van der Waals surface area contributed by atoms with Crippen molar-refractivity contribution in [1.82, 2.24) is 0 Å². The fraction of sp³-hybridized carbons (Fsp3) is 0.167. The molecular formula is C24H23ClN2O3S. The zero-order chi connectivity index (χ0) is 22.2. The minimum absolute atomic E-state index is 0.0687. The summed E-state index contributed by atoms with van der Waals surface area (Å²) in [5, 5.41) is 5.98. The number of nitrogens with one attached hydrogen (secondary N) is 2. The van der Waals surface area contributed by atoms with Gasteiger partial charge in [0.05, 0.1) is 5.25 Å². The smallest absolute Gasteiger partial charge is 0.262 e. The topological polar surface area (TPSA) is 67.4 Å². The number of carbonyl (C=O) groups is 2. The molecule has 0 fully saturated rings. The highest BCUT2D eigenvalue weighted by atomic mass is 35.5. The summed E-state index contributed by atoms with van der Waals surface area (Å²) in [7, 11) is 0. The van der Waals surface area contributed by atoms with Crippen molar-refractivity contribution in [1.29, 1.82) is 0 Å². The van der Waals surface area contributed by atoms with E-state index in [0.29, 0.717) is 22.1 Å². The molecule has 7 heteroatoms. The number of para-hydroxylation sites is 1. The predicted molar refractivity (Wildman–Crippen MR) is 127 cm³/mol. The van der Waals surface area contributed by atoms with E-state index < -0.39 is 0 Å². The van der Waals surface area contributed by atoms with Crippen molar-refractivity contribution in [3.05, 3.63) is 83.4 Å². The van der Waals surface area contributed by atoms with E-state index in [-0.39, 0.29) is 23.7 Å². The Morgan fingerprint density at radius 2 is 1.65 bits per heavy atom. The number of halogens is 1. The van der Waals surface area contributed by atoms with Crippen LogP contribution in [-0.2, 0) is 9.59 Å².